The minimum absolute atomic E-state index is 0.00248. The molecule has 8 nitrogen and oxygen atoms in total. The lowest BCUT2D eigenvalue weighted by Gasteiger charge is -2.25. The van der Waals surface area contributed by atoms with E-state index in [0.29, 0.717) is 66.2 Å². The van der Waals surface area contributed by atoms with E-state index in [1.807, 2.05) is 19.0 Å². The smallest absolute Gasteiger partial charge is 0.318 e. The Balaban J connectivity index is 1.84. The van der Waals surface area contributed by atoms with Gasteiger partial charge in [0.2, 0.25) is 0 Å². The van der Waals surface area contributed by atoms with E-state index >= 15 is 0 Å². The fourth-order valence-corrected chi connectivity index (χ4v) is 8.13. The normalized spacial score (nSPS) is 12.8. The van der Waals surface area contributed by atoms with Crippen LogP contribution in [0.4, 0.5) is 32.0 Å². The van der Waals surface area contributed by atoms with E-state index < -0.39 is 59.0 Å². The van der Waals surface area contributed by atoms with E-state index in [2.05, 4.69) is 10.3 Å². The van der Waals surface area contributed by atoms with Crippen molar-refractivity contribution in [1.82, 2.24) is 15.2 Å². The first-order chi connectivity index (χ1) is 21.4. The van der Waals surface area contributed by atoms with Gasteiger partial charge < -0.3 is 10.2 Å². The molecule has 16 heteroatoms. The summed E-state index contributed by atoms with van der Waals surface area (Å²) in [5, 5.41) is 3.04. The number of hydrogen-bond acceptors (Lipinski definition) is 7. The van der Waals surface area contributed by atoms with Gasteiger partial charge in [0.25, 0.3) is 20.0 Å². The molecule has 1 N–H and O–H groups in total. The summed E-state index contributed by atoms with van der Waals surface area (Å²) in [4.78, 5) is 4.68. The van der Waals surface area contributed by atoms with Gasteiger partial charge >= 0.3 is 12.4 Å². The van der Waals surface area contributed by atoms with Crippen LogP contribution >= 0.6 is 0 Å². The van der Waals surface area contributed by atoms with Crippen LogP contribution in [0.2, 0.25) is 0 Å². The topological polar surface area (TPSA) is 99.7 Å². The molecule has 3 aromatic carbocycles. The number of rotatable bonds is 11. The van der Waals surface area contributed by atoms with Gasteiger partial charge in [-0.1, -0.05) is 12.1 Å². The second-order valence-electron chi connectivity index (χ2n) is 10.2. The van der Waals surface area contributed by atoms with Gasteiger partial charge in [-0.05, 0) is 92.0 Å². The number of anilines is 1. The van der Waals surface area contributed by atoms with Gasteiger partial charge in [-0.25, -0.2) is 16.8 Å². The molecule has 0 aliphatic rings. The molecule has 0 bridgehead atoms. The van der Waals surface area contributed by atoms with Crippen molar-refractivity contribution in [3.63, 3.8) is 0 Å². The van der Waals surface area contributed by atoms with Crippen molar-refractivity contribution in [1.29, 1.82) is 0 Å². The lowest BCUT2D eigenvalue weighted by Crippen LogP contribution is -2.37. The molecule has 0 saturated carbocycles. The maximum Gasteiger partial charge on any atom is 0.416 e. The minimum atomic E-state index is -5.17. The molecule has 1 aromatic heterocycles. The quantitative estimate of drug-likeness (QED) is 0.193. The van der Waals surface area contributed by atoms with E-state index in [-0.39, 0.29) is 3.71 Å². The van der Waals surface area contributed by atoms with Crippen LogP contribution in [-0.4, -0.2) is 53.9 Å². The Morgan fingerprint density at radius 1 is 0.717 bits per heavy atom. The van der Waals surface area contributed by atoms with E-state index in [1.54, 1.807) is 18.3 Å². The van der Waals surface area contributed by atoms with Crippen molar-refractivity contribution >= 4 is 25.7 Å². The largest absolute Gasteiger partial charge is 0.416 e. The highest BCUT2D eigenvalue weighted by Crippen LogP contribution is 2.36. The molecule has 0 fully saturated rings. The Labute approximate surface area is 262 Å². The Morgan fingerprint density at radius 3 is 1.72 bits per heavy atom. The van der Waals surface area contributed by atoms with Crippen molar-refractivity contribution in [2.75, 3.05) is 30.9 Å². The highest BCUT2D eigenvalue weighted by atomic mass is 32.3. The molecule has 0 spiro atoms. The monoisotopic (exact) mass is 686 g/mol. The number of halogens is 6. The van der Waals surface area contributed by atoms with Crippen LogP contribution in [0.1, 0.15) is 16.7 Å². The highest BCUT2D eigenvalue weighted by molar-refractivity contribution is 8.10. The number of hydrogen-bond donors (Lipinski definition) is 1. The summed E-state index contributed by atoms with van der Waals surface area (Å²) in [5.74, 6) is 0. The van der Waals surface area contributed by atoms with Crippen LogP contribution < -0.4 is 9.03 Å². The van der Waals surface area contributed by atoms with Crippen molar-refractivity contribution in [3.05, 3.63) is 108 Å². The summed E-state index contributed by atoms with van der Waals surface area (Å²) >= 11 is 0. The number of aromatic nitrogens is 1. The van der Waals surface area contributed by atoms with Crippen LogP contribution in [0, 0.1) is 0 Å². The van der Waals surface area contributed by atoms with Gasteiger partial charge in [-0.3, -0.25) is 4.98 Å². The summed E-state index contributed by atoms with van der Waals surface area (Å²) in [7, 11) is -6.61. The predicted octanol–water partition coefficient (Wildman–Crippen LogP) is 6.02. The molecule has 0 atom stereocenters. The first-order valence-electron chi connectivity index (χ1n) is 13.5. The van der Waals surface area contributed by atoms with E-state index in [1.165, 1.54) is 18.3 Å². The number of sulfonamides is 2. The second-order valence-corrected chi connectivity index (χ2v) is 14.0. The molecular formula is C30H28F6N4O4S2. The SMILES string of the molecule is CNCCN(C)Cc1cncc(-c2cccc(N(S(=O)(=O)c3ccc(C(F)(F)F)cc3)S(=O)(=O)c3ccc(C(F)(F)F)cc3)c2)c1. The molecule has 4 aromatic rings. The number of alkyl halides is 6. The Hall–Kier alpha value is -3.99. The first kappa shape index (κ1) is 34.9. The number of pyridine rings is 1. The molecule has 0 aliphatic heterocycles. The van der Waals surface area contributed by atoms with Gasteiger partial charge in [0.15, 0.2) is 0 Å². The maximum absolute atomic E-state index is 13.9. The van der Waals surface area contributed by atoms with Crippen LogP contribution in [-0.2, 0) is 38.9 Å². The molecule has 0 unspecified atom stereocenters. The fourth-order valence-electron chi connectivity index (χ4n) is 4.45. The number of benzene rings is 3. The van der Waals surface area contributed by atoms with Gasteiger partial charge in [-0.15, -0.1) is 0 Å². The Kier molecular flexibility index (Phi) is 10.2. The van der Waals surface area contributed by atoms with Crippen molar-refractivity contribution < 1.29 is 43.2 Å². The Morgan fingerprint density at radius 2 is 1.24 bits per heavy atom. The third kappa shape index (κ3) is 7.86. The van der Waals surface area contributed by atoms with E-state index in [0.717, 1.165) is 24.7 Å². The molecule has 0 saturated heterocycles. The van der Waals surface area contributed by atoms with Gasteiger partial charge in [-0.2, -0.15) is 30.1 Å². The molecule has 0 radical (unpaired) electrons. The third-order valence-corrected chi connectivity index (χ3v) is 11.0. The molecular weight excluding hydrogens is 658 g/mol. The average molecular weight is 687 g/mol. The number of likely N-dealkylation sites (N-methyl/N-ethyl adjacent to an activating group) is 2. The zero-order valence-corrected chi connectivity index (χ0v) is 26.0. The van der Waals surface area contributed by atoms with Gasteiger partial charge in [0.05, 0.1) is 26.6 Å². The summed E-state index contributed by atoms with van der Waals surface area (Å²) in [5.41, 5.74) is -1.13. The van der Waals surface area contributed by atoms with Crippen LogP contribution in [0.3, 0.4) is 0 Å². The lowest BCUT2D eigenvalue weighted by molar-refractivity contribution is -0.138. The number of nitrogens with zero attached hydrogens (tertiary/aromatic N) is 3. The molecule has 246 valence electrons. The van der Waals surface area contributed by atoms with Gasteiger partial charge in [0.1, 0.15) is 0 Å². The highest BCUT2D eigenvalue weighted by Gasteiger charge is 2.39. The molecule has 46 heavy (non-hydrogen) atoms. The second kappa shape index (κ2) is 13.4. The maximum atomic E-state index is 13.9. The van der Waals surface area contributed by atoms with E-state index in [4.69, 9.17) is 0 Å². The molecule has 0 aliphatic carbocycles. The molecule has 4 rings (SSSR count). The zero-order chi connectivity index (χ0) is 33.9. The Bertz CT molecular complexity index is 1790. The zero-order valence-electron chi connectivity index (χ0n) is 24.3. The summed E-state index contributed by atoms with van der Waals surface area (Å²) in [6.45, 7) is 1.98. The van der Waals surface area contributed by atoms with Crippen LogP contribution in [0.25, 0.3) is 11.1 Å². The summed E-state index contributed by atoms with van der Waals surface area (Å²) in [6.07, 6.45) is -6.48. The standard InChI is InChI=1S/C30H28F6N4O4S2/c1-37-14-15-39(2)20-21-16-23(19-38-18-21)22-4-3-5-26(17-22)40(45(41,42)27-10-6-24(7-11-27)29(31,32)33)46(43,44)28-12-8-25(9-13-28)30(34,35)36/h3-13,16-19,37H,14-15,20H2,1-2H3. The average Bonchev–Trinajstić information content (AvgIpc) is 2.99. The minimum Gasteiger partial charge on any atom is -0.318 e. The molecule has 1 heterocycles. The summed E-state index contributed by atoms with van der Waals surface area (Å²) < 4.78 is 135. The summed E-state index contributed by atoms with van der Waals surface area (Å²) in [6, 6.07) is 11.5. The third-order valence-electron chi connectivity index (χ3n) is 6.78. The van der Waals surface area contributed by atoms with Gasteiger partial charge in [0, 0.05) is 37.6 Å². The predicted molar refractivity (Wildman–Crippen MR) is 160 cm³/mol. The van der Waals surface area contributed by atoms with Crippen LogP contribution in [0.5, 0.6) is 0 Å². The van der Waals surface area contributed by atoms with Crippen molar-refractivity contribution in [2.24, 2.45) is 0 Å². The fraction of sp³-hybridized carbons (Fsp3) is 0.233. The van der Waals surface area contributed by atoms with Crippen LogP contribution in [0.15, 0.2) is 101 Å². The van der Waals surface area contributed by atoms with Crippen molar-refractivity contribution in [3.8, 4) is 11.1 Å². The lowest BCUT2D eigenvalue weighted by atomic mass is 10.1. The van der Waals surface area contributed by atoms with E-state index in [9.17, 15) is 43.2 Å². The van der Waals surface area contributed by atoms with Crippen molar-refractivity contribution in [2.45, 2.75) is 28.7 Å². The molecule has 0 amide bonds. The first-order valence-corrected chi connectivity index (χ1v) is 16.3. The number of nitrogens with one attached hydrogen (secondary N) is 1.